The molecule has 14 nitrogen and oxygen atoms in total. The number of nitrogens with one attached hydrogen (secondary N) is 4. The molecule has 1 aromatic carbocycles. The van der Waals surface area contributed by atoms with Gasteiger partial charge in [-0.25, -0.2) is 0 Å². The Morgan fingerprint density at radius 1 is 0.976 bits per heavy atom. The second kappa shape index (κ2) is 18.0. The third kappa shape index (κ3) is 14.6. The Bertz CT molecular complexity index is 1140. The number of unbranched alkanes of at least 4 members (excludes halogenated alkanes) is 1. The first-order valence-corrected chi connectivity index (χ1v) is 15.0. The van der Waals surface area contributed by atoms with Crippen molar-refractivity contribution in [1.82, 2.24) is 16.0 Å². The highest BCUT2D eigenvalue weighted by Crippen LogP contribution is 2.15. The minimum Gasteiger partial charge on any atom is -0.481 e. The van der Waals surface area contributed by atoms with Crippen LogP contribution in [0.25, 0.3) is 0 Å². The quantitative estimate of drug-likeness (QED) is 0.0749. The fourth-order valence-corrected chi connectivity index (χ4v) is 4.66. The average Bonchev–Trinajstić information content (AvgIpc) is 2.91. The maximum Gasteiger partial charge on any atom is 0.306 e. The second-order valence-electron chi connectivity index (χ2n) is 9.61. The minimum atomic E-state index is -4.48. The highest BCUT2D eigenvalue weighted by atomic mass is 32.2. The SMILES string of the molecule is CCCNc1ccc(C(=O)NCCCC[C@H](NC(=O)CC[C@H](CC(=O)[C@H](CS(=O)(=O)O)NC)C(=O)O)C(N)=O)cc1. The van der Waals surface area contributed by atoms with E-state index >= 15 is 0 Å². The molecule has 0 aliphatic carbocycles. The number of Topliss-reactive ketones (excluding diaryl/α,β-unsaturated/α-hetero) is 1. The number of primary amides is 1. The molecule has 0 unspecified atom stereocenters. The Morgan fingerprint density at radius 2 is 1.63 bits per heavy atom. The summed E-state index contributed by atoms with van der Waals surface area (Å²) in [5, 5.41) is 20.3. The second-order valence-corrected chi connectivity index (χ2v) is 11.1. The zero-order valence-corrected chi connectivity index (χ0v) is 24.2. The van der Waals surface area contributed by atoms with Gasteiger partial charge < -0.3 is 32.1 Å². The number of hydrogen-bond acceptors (Lipinski definition) is 9. The summed E-state index contributed by atoms with van der Waals surface area (Å²) in [5.41, 5.74) is 6.83. The molecule has 0 bridgehead atoms. The minimum absolute atomic E-state index is 0.203. The number of amides is 3. The van der Waals surface area contributed by atoms with Crippen LogP contribution in [-0.2, 0) is 29.3 Å². The number of rotatable bonds is 21. The van der Waals surface area contributed by atoms with Gasteiger partial charge in [-0.2, -0.15) is 8.42 Å². The standard InChI is InChI=1S/C26H41N5O9S/c1-3-13-29-19-10-7-17(8-11-19)25(35)30-14-5-4-6-20(24(27)34)31-23(33)12-9-18(26(36)37)15-22(32)21(28-2)16-41(38,39)40/h7-8,10-11,18,20-21,28-29H,3-6,9,12-16H2,1-2H3,(H2,27,34)(H,30,35)(H,31,33)(H,36,37)(H,38,39,40)/t18-,20+,21+/m1/s1. The molecule has 230 valence electrons. The molecule has 41 heavy (non-hydrogen) atoms. The highest BCUT2D eigenvalue weighted by Gasteiger charge is 2.29. The fraction of sp³-hybridized carbons (Fsp3) is 0.577. The Hall–Kier alpha value is -3.56. The van der Waals surface area contributed by atoms with E-state index < -0.39 is 63.9 Å². The maximum absolute atomic E-state index is 12.4. The number of anilines is 1. The van der Waals surface area contributed by atoms with Gasteiger partial charge in [-0.15, -0.1) is 0 Å². The normalized spacial score (nSPS) is 13.4. The Balaban J connectivity index is 2.49. The molecule has 0 heterocycles. The molecule has 0 radical (unpaired) electrons. The number of aliphatic carboxylic acids is 1. The number of likely N-dealkylation sites (N-methyl/N-ethyl adjacent to an activating group) is 1. The molecule has 8 N–H and O–H groups in total. The van der Waals surface area contributed by atoms with Crippen LogP contribution in [0.2, 0.25) is 0 Å². The van der Waals surface area contributed by atoms with E-state index in [-0.39, 0.29) is 25.2 Å². The molecule has 0 aromatic heterocycles. The number of carbonyl (C=O) groups excluding carboxylic acids is 4. The summed E-state index contributed by atoms with van der Waals surface area (Å²) >= 11 is 0. The summed E-state index contributed by atoms with van der Waals surface area (Å²) in [6.07, 6.45) is 1.03. The van der Waals surface area contributed by atoms with Gasteiger partial charge in [0.25, 0.3) is 16.0 Å². The first-order valence-electron chi connectivity index (χ1n) is 13.4. The van der Waals surface area contributed by atoms with Crippen molar-refractivity contribution in [2.45, 2.75) is 64.0 Å². The molecular weight excluding hydrogens is 558 g/mol. The van der Waals surface area contributed by atoms with E-state index in [1.165, 1.54) is 7.05 Å². The number of carboxylic acid groups (broad SMARTS) is 1. The van der Waals surface area contributed by atoms with Crippen LogP contribution in [0.1, 0.15) is 62.2 Å². The predicted molar refractivity (Wildman–Crippen MR) is 152 cm³/mol. The van der Waals surface area contributed by atoms with E-state index in [4.69, 9.17) is 10.3 Å². The Kier molecular flexibility index (Phi) is 15.6. The van der Waals surface area contributed by atoms with E-state index in [0.717, 1.165) is 18.7 Å². The molecule has 0 fully saturated rings. The molecule has 3 amide bonds. The van der Waals surface area contributed by atoms with Crippen molar-refractivity contribution in [2.75, 3.05) is 31.2 Å². The molecule has 0 saturated carbocycles. The first-order chi connectivity index (χ1) is 19.3. The zero-order chi connectivity index (χ0) is 31.0. The number of nitrogens with two attached hydrogens (primary N) is 1. The van der Waals surface area contributed by atoms with Gasteiger partial charge in [0.05, 0.1) is 17.7 Å². The van der Waals surface area contributed by atoms with Crippen molar-refractivity contribution >= 4 is 45.3 Å². The number of benzene rings is 1. The smallest absolute Gasteiger partial charge is 0.306 e. The van der Waals surface area contributed by atoms with Crippen molar-refractivity contribution < 1.29 is 42.0 Å². The van der Waals surface area contributed by atoms with Crippen LogP contribution in [0.15, 0.2) is 24.3 Å². The molecule has 1 aromatic rings. The van der Waals surface area contributed by atoms with Gasteiger partial charge in [0.1, 0.15) is 6.04 Å². The third-order valence-corrected chi connectivity index (χ3v) is 7.00. The van der Waals surface area contributed by atoms with Gasteiger partial charge >= 0.3 is 5.97 Å². The van der Waals surface area contributed by atoms with Crippen LogP contribution < -0.4 is 27.0 Å². The van der Waals surface area contributed by atoms with Crippen molar-refractivity contribution in [3.05, 3.63) is 29.8 Å². The summed E-state index contributed by atoms with van der Waals surface area (Å²) in [4.78, 5) is 60.4. The topological polar surface area (TPSA) is 234 Å². The summed E-state index contributed by atoms with van der Waals surface area (Å²) in [5.74, 6) is -5.95. The molecule has 3 atom stereocenters. The maximum atomic E-state index is 12.4. The molecule has 0 aliphatic heterocycles. The highest BCUT2D eigenvalue weighted by molar-refractivity contribution is 7.85. The van der Waals surface area contributed by atoms with Crippen LogP contribution >= 0.6 is 0 Å². The number of ketones is 1. The number of carboxylic acids is 1. The van der Waals surface area contributed by atoms with Gasteiger partial charge in [-0.3, -0.25) is 28.5 Å². The predicted octanol–water partition coefficient (Wildman–Crippen LogP) is 0.295. The van der Waals surface area contributed by atoms with Crippen LogP contribution in [0.4, 0.5) is 5.69 Å². The molecule has 15 heteroatoms. The molecule has 0 aliphatic rings. The average molecular weight is 600 g/mol. The Morgan fingerprint density at radius 3 is 2.17 bits per heavy atom. The summed E-state index contributed by atoms with van der Waals surface area (Å²) in [6.45, 7) is 3.23. The number of hydrogen-bond donors (Lipinski definition) is 7. The molecule has 1 rings (SSSR count). The summed E-state index contributed by atoms with van der Waals surface area (Å²) in [6, 6.07) is 4.77. The van der Waals surface area contributed by atoms with E-state index in [1.807, 2.05) is 12.1 Å². The van der Waals surface area contributed by atoms with E-state index in [2.05, 4.69) is 28.2 Å². The van der Waals surface area contributed by atoms with Gasteiger partial charge in [0, 0.05) is 37.2 Å². The zero-order valence-electron chi connectivity index (χ0n) is 23.4. The molecule has 0 spiro atoms. The van der Waals surface area contributed by atoms with Crippen LogP contribution in [0.5, 0.6) is 0 Å². The summed E-state index contributed by atoms with van der Waals surface area (Å²) < 4.78 is 31.1. The van der Waals surface area contributed by atoms with E-state index in [0.29, 0.717) is 24.9 Å². The van der Waals surface area contributed by atoms with Gasteiger partial charge in [0.2, 0.25) is 11.8 Å². The van der Waals surface area contributed by atoms with Crippen molar-refractivity contribution in [2.24, 2.45) is 11.7 Å². The van der Waals surface area contributed by atoms with Crippen LogP contribution in [0.3, 0.4) is 0 Å². The lowest BCUT2D eigenvalue weighted by Gasteiger charge is -2.18. The lowest BCUT2D eigenvalue weighted by atomic mass is 9.94. The summed E-state index contributed by atoms with van der Waals surface area (Å²) in [7, 11) is -3.19. The lowest BCUT2D eigenvalue weighted by molar-refractivity contribution is -0.144. The van der Waals surface area contributed by atoms with Crippen molar-refractivity contribution in [3.8, 4) is 0 Å². The number of carbonyl (C=O) groups is 5. The van der Waals surface area contributed by atoms with Crippen LogP contribution in [0, 0.1) is 5.92 Å². The monoisotopic (exact) mass is 599 g/mol. The van der Waals surface area contributed by atoms with Crippen LogP contribution in [-0.4, -0.2) is 85.5 Å². The molecule has 0 saturated heterocycles. The van der Waals surface area contributed by atoms with Gasteiger partial charge in [-0.1, -0.05) is 6.92 Å². The van der Waals surface area contributed by atoms with E-state index in [1.54, 1.807) is 12.1 Å². The van der Waals surface area contributed by atoms with Gasteiger partial charge in [0.15, 0.2) is 5.78 Å². The Labute approximate surface area is 240 Å². The fourth-order valence-electron chi connectivity index (χ4n) is 3.89. The van der Waals surface area contributed by atoms with Crippen molar-refractivity contribution in [1.29, 1.82) is 0 Å². The van der Waals surface area contributed by atoms with Gasteiger partial charge in [-0.05, 0) is 63.4 Å². The molecular formula is C26H41N5O9S. The lowest BCUT2D eigenvalue weighted by Crippen LogP contribution is -2.44. The van der Waals surface area contributed by atoms with E-state index in [9.17, 15) is 37.5 Å². The van der Waals surface area contributed by atoms with Crippen molar-refractivity contribution in [3.63, 3.8) is 0 Å². The third-order valence-electron chi connectivity index (χ3n) is 6.24. The first kappa shape index (κ1) is 35.5. The largest absolute Gasteiger partial charge is 0.481 e.